The highest BCUT2D eigenvalue weighted by Crippen LogP contribution is 2.25. The molecule has 0 bridgehead atoms. The minimum Gasteiger partial charge on any atom is -0.494 e. The number of esters is 1. The molecule has 1 atom stereocenters. The SMILES string of the molecule is CCCOc1ccc(-c2coc3cc(O[C@H](C)C(=O)OCC)ccc3c2=O)cc1. The summed E-state index contributed by atoms with van der Waals surface area (Å²) in [5, 5.41) is 0.435. The van der Waals surface area contributed by atoms with Crippen molar-refractivity contribution in [1.29, 1.82) is 0 Å². The Balaban J connectivity index is 1.85. The quantitative estimate of drug-likeness (QED) is 0.519. The second kappa shape index (κ2) is 9.28. The number of hydrogen-bond donors (Lipinski definition) is 0. The number of carbonyl (C=O) groups is 1. The zero-order valence-corrected chi connectivity index (χ0v) is 16.8. The molecule has 6 nitrogen and oxygen atoms in total. The second-order valence-electron chi connectivity index (χ2n) is 6.52. The molecule has 0 aliphatic rings. The lowest BCUT2D eigenvalue weighted by molar-refractivity contribution is -0.150. The minimum absolute atomic E-state index is 0.140. The standard InChI is InChI=1S/C23H24O6/c1-4-12-27-17-8-6-16(7-9-17)20-14-28-21-13-18(10-11-19(21)22(20)24)29-15(3)23(25)26-5-2/h6-11,13-15H,4-5,12H2,1-3H3/t15-/m1/s1. The highest BCUT2D eigenvalue weighted by molar-refractivity contribution is 5.83. The molecule has 0 unspecified atom stereocenters. The van der Waals surface area contributed by atoms with Crippen molar-refractivity contribution < 1.29 is 23.4 Å². The van der Waals surface area contributed by atoms with Gasteiger partial charge in [-0.1, -0.05) is 19.1 Å². The van der Waals surface area contributed by atoms with Crippen LogP contribution in [-0.2, 0) is 9.53 Å². The van der Waals surface area contributed by atoms with Gasteiger partial charge >= 0.3 is 5.97 Å². The Morgan fingerprint density at radius 2 is 1.79 bits per heavy atom. The highest BCUT2D eigenvalue weighted by atomic mass is 16.6. The first-order valence-electron chi connectivity index (χ1n) is 9.65. The predicted octanol–water partition coefficient (Wildman–Crippen LogP) is 4.58. The fourth-order valence-electron chi connectivity index (χ4n) is 2.84. The predicted molar refractivity (Wildman–Crippen MR) is 110 cm³/mol. The average Bonchev–Trinajstić information content (AvgIpc) is 2.73. The maximum atomic E-state index is 12.9. The summed E-state index contributed by atoms with van der Waals surface area (Å²) in [5.41, 5.74) is 1.46. The monoisotopic (exact) mass is 396 g/mol. The third kappa shape index (κ3) is 4.77. The molecule has 0 saturated carbocycles. The van der Waals surface area contributed by atoms with E-state index in [1.807, 2.05) is 31.2 Å². The molecule has 3 aromatic rings. The van der Waals surface area contributed by atoms with Crippen LogP contribution in [-0.4, -0.2) is 25.3 Å². The molecule has 152 valence electrons. The number of carbonyl (C=O) groups excluding carboxylic acids is 1. The van der Waals surface area contributed by atoms with Gasteiger partial charge in [0.05, 0.1) is 24.2 Å². The highest BCUT2D eigenvalue weighted by Gasteiger charge is 2.17. The molecule has 1 heterocycles. The fourth-order valence-corrected chi connectivity index (χ4v) is 2.84. The van der Waals surface area contributed by atoms with E-state index in [0.29, 0.717) is 28.9 Å². The van der Waals surface area contributed by atoms with E-state index in [0.717, 1.165) is 17.7 Å². The average molecular weight is 396 g/mol. The molecule has 29 heavy (non-hydrogen) atoms. The molecule has 3 rings (SSSR count). The van der Waals surface area contributed by atoms with Gasteiger partial charge in [0.1, 0.15) is 23.3 Å². The smallest absolute Gasteiger partial charge is 0.347 e. The van der Waals surface area contributed by atoms with Crippen LogP contribution < -0.4 is 14.9 Å². The lowest BCUT2D eigenvalue weighted by Gasteiger charge is -2.13. The van der Waals surface area contributed by atoms with E-state index in [2.05, 4.69) is 0 Å². The third-order valence-corrected chi connectivity index (χ3v) is 4.32. The first kappa shape index (κ1) is 20.5. The molecule has 0 amide bonds. The van der Waals surface area contributed by atoms with Crippen LogP contribution in [0, 0.1) is 0 Å². The molecule has 0 aliphatic carbocycles. The molecule has 0 N–H and O–H groups in total. The van der Waals surface area contributed by atoms with E-state index in [-0.39, 0.29) is 12.0 Å². The summed E-state index contributed by atoms with van der Waals surface area (Å²) in [6.45, 7) is 6.32. The molecule has 6 heteroatoms. The summed E-state index contributed by atoms with van der Waals surface area (Å²) < 4.78 is 21.8. The zero-order valence-electron chi connectivity index (χ0n) is 16.8. The zero-order chi connectivity index (χ0) is 20.8. The van der Waals surface area contributed by atoms with Gasteiger partial charge in [-0.15, -0.1) is 0 Å². The van der Waals surface area contributed by atoms with E-state index >= 15 is 0 Å². The van der Waals surface area contributed by atoms with Gasteiger partial charge in [-0.3, -0.25) is 4.79 Å². The van der Waals surface area contributed by atoms with Crippen LogP contribution in [0.3, 0.4) is 0 Å². The summed E-state index contributed by atoms with van der Waals surface area (Å²) in [7, 11) is 0. The Morgan fingerprint density at radius 3 is 2.48 bits per heavy atom. The van der Waals surface area contributed by atoms with Crippen LogP contribution in [0.15, 0.2) is 57.9 Å². The van der Waals surface area contributed by atoms with Crippen molar-refractivity contribution in [1.82, 2.24) is 0 Å². The number of rotatable bonds is 8. The molecule has 2 aromatic carbocycles. The summed E-state index contributed by atoms with van der Waals surface area (Å²) in [6, 6.07) is 12.2. The van der Waals surface area contributed by atoms with Gasteiger partial charge in [-0.2, -0.15) is 0 Å². The van der Waals surface area contributed by atoms with Crippen molar-refractivity contribution in [2.75, 3.05) is 13.2 Å². The van der Waals surface area contributed by atoms with Gasteiger partial charge in [-0.05, 0) is 50.1 Å². The van der Waals surface area contributed by atoms with E-state index < -0.39 is 12.1 Å². The van der Waals surface area contributed by atoms with Gasteiger partial charge in [0.25, 0.3) is 0 Å². The molecule has 0 saturated heterocycles. The Bertz CT molecular complexity index is 1040. The van der Waals surface area contributed by atoms with Crippen LogP contribution in [0.4, 0.5) is 0 Å². The van der Waals surface area contributed by atoms with Crippen molar-refractivity contribution >= 4 is 16.9 Å². The lowest BCUT2D eigenvalue weighted by Crippen LogP contribution is -2.26. The lowest BCUT2D eigenvalue weighted by atomic mass is 10.1. The Hall–Kier alpha value is -3.28. The normalized spacial score (nSPS) is 11.8. The molecule has 0 spiro atoms. The first-order valence-corrected chi connectivity index (χ1v) is 9.65. The third-order valence-electron chi connectivity index (χ3n) is 4.32. The largest absolute Gasteiger partial charge is 0.494 e. The molecular formula is C23H24O6. The number of ether oxygens (including phenoxy) is 3. The number of hydrogen-bond acceptors (Lipinski definition) is 6. The van der Waals surface area contributed by atoms with Crippen molar-refractivity contribution in [2.24, 2.45) is 0 Å². The summed E-state index contributed by atoms with van der Waals surface area (Å²) >= 11 is 0. The van der Waals surface area contributed by atoms with Crippen LogP contribution in [0.25, 0.3) is 22.1 Å². The Morgan fingerprint density at radius 1 is 1.07 bits per heavy atom. The maximum absolute atomic E-state index is 12.9. The van der Waals surface area contributed by atoms with Crippen LogP contribution in [0.1, 0.15) is 27.2 Å². The molecular weight excluding hydrogens is 372 g/mol. The molecule has 0 aliphatic heterocycles. The van der Waals surface area contributed by atoms with Crippen LogP contribution >= 0.6 is 0 Å². The number of benzene rings is 2. The summed E-state index contributed by atoms with van der Waals surface area (Å²) in [4.78, 5) is 24.6. The topological polar surface area (TPSA) is 75.0 Å². The number of fused-ring (bicyclic) bond motifs is 1. The van der Waals surface area contributed by atoms with E-state index in [4.69, 9.17) is 18.6 Å². The van der Waals surface area contributed by atoms with E-state index in [1.54, 1.807) is 32.0 Å². The Labute approximate surface area is 169 Å². The molecule has 0 fully saturated rings. The minimum atomic E-state index is -0.758. The van der Waals surface area contributed by atoms with Crippen LogP contribution in [0.2, 0.25) is 0 Å². The van der Waals surface area contributed by atoms with Gasteiger partial charge in [0.15, 0.2) is 11.5 Å². The molecule has 1 aromatic heterocycles. The van der Waals surface area contributed by atoms with Gasteiger partial charge in [-0.25, -0.2) is 4.79 Å². The Kier molecular flexibility index (Phi) is 6.54. The van der Waals surface area contributed by atoms with E-state index in [1.165, 1.54) is 6.26 Å². The summed E-state index contributed by atoms with van der Waals surface area (Å²) in [6.07, 6.45) is 1.61. The second-order valence-corrected chi connectivity index (χ2v) is 6.52. The van der Waals surface area contributed by atoms with Gasteiger partial charge < -0.3 is 18.6 Å². The maximum Gasteiger partial charge on any atom is 0.347 e. The van der Waals surface area contributed by atoms with Gasteiger partial charge in [0, 0.05) is 6.07 Å². The van der Waals surface area contributed by atoms with Crippen molar-refractivity contribution in [3.05, 3.63) is 59.0 Å². The van der Waals surface area contributed by atoms with Crippen molar-refractivity contribution in [3.8, 4) is 22.6 Å². The van der Waals surface area contributed by atoms with Crippen molar-refractivity contribution in [2.45, 2.75) is 33.3 Å². The van der Waals surface area contributed by atoms with E-state index in [9.17, 15) is 9.59 Å². The summed E-state index contributed by atoms with van der Waals surface area (Å²) in [5.74, 6) is 0.737. The van der Waals surface area contributed by atoms with Gasteiger partial charge in [0.2, 0.25) is 0 Å². The molecule has 0 radical (unpaired) electrons. The fraction of sp³-hybridized carbons (Fsp3) is 0.304. The van der Waals surface area contributed by atoms with Crippen molar-refractivity contribution in [3.63, 3.8) is 0 Å². The first-order chi connectivity index (χ1) is 14.0. The van der Waals surface area contributed by atoms with Crippen LogP contribution in [0.5, 0.6) is 11.5 Å².